The zero-order valence-corrected chi connectivity index (χ0v) is 19.2. The Morgan fingerprint density at radius 1 is 1.29 bits per heavy atom. The first kappa shape index (κ1) is 21.2. The molecule has 4 rings (SSSR count). The summed E-state index contributed by atoms with van der Waals surface area (Å²) in [6, 6.07) is 11.8. The van der Waals surface area contributed by atoms with Gasteiger partial charge in [-0.25, -0.2) is 4.52 Å². The molecule has 0 unspecified atom stereocenters. The fraction of sp³-hybridized carbons (Fsp3) is 0.348. The second-order valence-corrected chi connectivity index (χ2v) is 8.68. The fourth-order valence-electron chi connectivity index (χ4n) is 4.03. The minimum Gasteiger partial charge on any atom is -0.497 e. The van der Waals surface area contributed by atoms with E-state index >= 15 is 0 Å². The summed E-state index contributed by atoms with van der Waals surface area (Å²) in [5.74, 6) is 1.52. The number of halogens is 1. The van der Waals surface area contributed by atoms with Crippen LogP contribution in [-0.4, -0.2) is 40.2 Å². The highest BCUT2D eigenvalue weighted by Gasteiger charge is 2.37. The van der Waals surface area contributed by atoms with Gasteiger partial charge in [-0.3, -0.25) is 4.79 Å². The standard InChI is InChI=1S/C23H23BrN4O3/c1-14(16-4-6-20(30-3)7-5-16)27-12-17(8-22(27)29)15(2)31-21-9-19(24)13-28-23(21)18(10-25)11-26-28/h4-7,9,11,13-15,17H,8,12H2,1-3H3/t14-,15-,17-/m1/s1. The van der Waals surface area contributed by atoms with Crippen LogP contribution in [0.25, 0.3) is 5.52 Å². The van der Waals surface area contributed by atoms with Gasteiger partial charge in [-0.15, -0.1) is 0 Å². The molecule has 0 aliphatic carbocycles. The van der Waals surface area contributed by atoms with Gasteiger partial charge >= 0.3 is 0 Å². The first-order valence-electron chi connectivity index (χ1n) is 10.1. The second kappa shape index (κ2) is 8.60. The van der Waals surface area contributed by atoms with Gasteiger partial charge in [0.1, 0.15) is 34.8 Å². The summed E-state index contributed by atoms with van der Waals surface area (Å²) in [4.78, 5) is 14.7. The second-order valence-electron chi connectivity index (χ2n) is 7.77. The number of rotatable bonds is 6. The van der Waals surface area contributed by atoms with Crippen LogP contribution in [0.4, 0.5) is 0 Å². The first-order chi connectivity index (χ1) is 14.9. The highest BCUT2D eigenvalue weighted by atomic mass is 79.9. The summed E-state index contributed by atoms with van der Waals surface area (Å²) >= 11 is 3.47. The maximum absolute atomic E-state index is 12.8. The molecular formula is C23H23BrN4O3. The molecule has 1 aliphatic heterocycles. The Morgan fingerprint density at radius 3 is 2.71 bits per heavy atom. The number of benzene rings is 1. The lowest BCUT2D eigenvalue weighted by molar-refractivity contribution is -0.129. The number of hydrogen-bond acceptors (Lipinski definition) is 5. The lowest BCUT2D eigenvalue weighted by Gasteiger charge is -2.27. The van der Waals surface area contributed by atoms with Crippen LogP contribution >= 0.6 is 15.9 Å². The van der Waals surface area contributed by atoms with Crippen LogP contribution in [0.2, 0.25) is 0 Å². The number of methoxy groups -OCH3 is 1. The Balaban J connectivity index is 1.51. The molecule has 1 aliphatic rings. The van der Waals surface area contributed by atoms with Gasteiger partial charge in [0, 0.05) is 29.6 Å². The van der Waals surface area contributed by atoms with Crippen LogP contribution in [0.3, 0.4) is 0 Å². The van der Waals surface area contributed by atoms with Crippen molar-refractivity contribution in [3.8, 4) is 17.6 Å². The topological polar surface area (TPSA) is 79.9 Å². The Bertz CT molecular complexity index is 1150. The first-order valence-corrected chi connectivity index (χ1v) is 10.9. The number of amides is 1. The van der Waals surface area contributed by atoms with Crippen molar-refractivity contribution in [3.05, 3.63) is 58.3 Å². The summed E-state index contributed by atoms with van der Waals surface area (Å²) in [6.45, 7) is 4.62. The van der Waals surface area contributed by atoms with E-state index < -0.39 is 0 Å². The molecule has 2 aromatic heterocycles. The zero-order chi connectivity index (χ0) is 22.1. The van der Waals surface area contributed by atoms with Crippen molar-refractivity contribution in [2.24, 2.45) is 5.92 Å². The number of nitrogens with zero attached hydrogens (tertiary/aromatic N) is 4. The van der Waals surface area contributed by atoms with Gasteiger partial charge in [-0.2, -0.15) is 10.4 Å². The zero-order valence-electron chi connectivity index (χ0n) is 17.6. The van der Waals surface area contributed by atoms with E-state index in [0.29, 0.717) is 29.8 Å². The van der Waals surface area contributed by atoms with Crippen molar-refractivity contribution < 1.29 is 14.3 Å². The molecule has 0 radical (unpaired) electrons. The van der Waals surface area contributed by atoms with Gasteiger partial charge in [0.15, 0.2) is 0 Å². The van der Waals surface area contributed by atoms with Crippen LogP contribution in [-0.2, 0) is 4.79 Å². The van der Waals surface area contributed by atoms with Gasteiger partial charge in [0.05, 0.1) is 19.3 Å². The normalized spacial score (nSPS) is 18.1. The van der Waals surface area contributed by atoms with Crippen molar-refractivity contribution in [2.45, 2.75) is 32.4 Å². The molecule has 3 heterocycles. The molecule has 3 aromatic rings. The smallest absolute Gasteiger partial charge is 0.223 e. The summed E-state index contributed by atoms with van der Waals surface area (Å²) in [7, 11) is 1.64. The monoisotopic (exact) mass is 482 g/mol. The van der Waals surface area contributed by atoms with Crippen LogP contribution in [0.15, 0.2) is 47.2 Å². The molecule has 3 atom stereocenters. The number of pyridine rings is 1. The molecule has 1 fully saturated rings. The molecular weight excluding hydrogens is 460 g/mol. The fourth-order valence-corrected chi connectivity index (χ4v) is 4.43. The SMILES string of the molecule is COc1ccc([C@@H](C)N2C[C@H]([C@@H](C)Oc3cc(Br)cn4ncc(C#N)c34)CC2=O)cc1. The minimum atomic E-state index is -0.212. The summed E-state index contributed by atoms with van der Waals surface area (Å²) in [5, 5.41) is 13.6. The number of fused-ring (bicyclic) bond motifs is 1. The number of likely N-dealkylation sites (tertiary alicyclic amines) is 1. The lowest BCUT2D eigenvalue weighted by Crippen LogP contribution is -2.31. The quantitative estimate of drug-likeness (QED) is 0.521. The van der Waals surface area contributed by atoms with E-state index in [1.54, 1.807) is 17.8 Å². The van der Waals surface area contributed by atoms with Gasteiger partial charge in [0.25, 0.3) is 0 Å². The van der Waals surface area contributed by atoms with Gasteiger partial charge < -0.3 is 14.4 Å². The van der Waals surface area contributed by atoms with Crippen molar-refractivity contribution in [1.82, 2.24) is 14.5 Å². The maximum atomic E-state index is 12.8. The number of nitriles is 1. The number of aromatic nitrogens is 2. The largest absolute Gasteiger partial charge is 0.497 e. The summed E-state index contributed by atoms with van der Waals surface area (Å²) < 4.78 is 13.9. The molecule has 0 saturated carbocycles. The molecule has 7 nitrogen and oxygen atoms in total. The van der Waals surface area contributed by atoms with Crippen LogP contribution in [0.1, 0.15) is 37.4 Å². The Morgan fingerprint density at radius 2 is 2.03 bits per heavy atom. The lowest BCUT2D eigenvalue weighted by atomic mass is 10.0. The Kier molecular flexibility index (Phi) is 5.88. The third-order valence-electron chi connectivity index (χ3n) is 5.89. The molecule has 160 valence electrons. The predicted molar refractivity (Wildman–Crippen MR) is 119 cm³/mol. The van der Waals surface area contributed by atoms with E-state index in [2.05, 4.69) is 27.1 Å². The van der Waals surface area contributed by atoms with E-state index in [1.165, 1.54) is 6.20 Å². The molecule has 1 amide bonds. The van der Waals surface area contributed by atoms with E-state index in [0.717, 1.165) is 15.8 Å². The maximum Gasteiger partial charge on any atom is 0.223 e. The average Bonchev–Trinajstić information content (AvgIpc) is 3.36. The van der Waals surface area contributed by atoms with Crippen LogP contribution in [0, 0.1) is 17.2 Å². The van der Waals surface area contributed by atoms with Crippen LogP contribution < -0.4 is 9.47 Å². The van der Waals surface area contributed by atoms with Gasteiger partial charge in [0.2, 0.25) is 5.91 Å². The molecule has 1 saturated heterocycles. The average molecular weight is 483 g/mol. The third-order valence-corrected chi connectivity index (χ3v) is 6.33. The summed E-state index contributed by atoms with van der Waals surface area (Å²) in [6.07, 6.45) is 3.52. The Hall–Kier alpha value is -3.05. The van der Waals surface area contributed by atoms with E-state index in [1.807, 2.05) is 49.1 Å². The van der Waals surface area contributed by atoms with E-state index in [-0.39, 0.29) is 24.0 Å². The minimum absolute atomic E-state index is 0.0341. The van der Waals surface area contributed by atoms with Crippen molar-refractivity contribution >= 4 is 27.4 Å². The van der Waals surface area contributed by atoms with Crippen molar-refractivity contribution in [3.63, 3.8) is 0 Å². The van der Waals surface area contributed by atoms with Crippen molar-refractivity contribution in [1.29, 1.82) is 5.26 Å². The van der Waals surface area contributed by atoms with E-state index in [4.69, 9.17) is 9.47 Å². The predicted octanol–water partition coefficient (Wildman–Crippen LogP) is 4.35. The third kappa shape index (κ3) is 4.10. The highest BCUT2D eigenvalue weighted by Crippen LogP contribution is 2.34. The number of carbonyl (C=O) groups excluding carboxylic acids is 1. The number of carbonyl (C=O) groups is 1. The molecule has 0 spiro atoms. The van der Waals surface area contributed by atoms with Gasteiger partial charge in [-0.05, 0) is 53.5 Å². The molecule has 0 N–H and O–H groups in total. The molecule has 8 heteroatoms. The van der Waals surface area contributed by atoms with E-state index in [9.17, 15) is 10.1 Å². The number of hydrogen-bond donors (Lipinski definition) is 0. The van der Waals surface area contributed by atoms with Crippen LogP contribution in [0.5, 0.6) is 11.5 Å². The molecule has 0 bridgehead atoms. The van der Waals surface area contributed by atoms with Crippen molar-refractivity contribution in [2.75, 3.05) is 13.7 Å². The highest BCUT2D eigenvalue weighted by molar-refractivity contribution is 9.10. The van der Waals surface area contributed by atoms with Gasteiger partial charge in [-0.1, -0.05) is 12.1 Å². The number of ether oxygens (including phenoxy) is 2. The molecule has 31 heavy (non-hydrogen) atoms. The Labute approximate surface area is 189 Å². The molecule has 1 aromatic carbocycles. The summed E-state index contributed by atoms with van der Waals surface area (Å²) in [5.41, 5.74) is 2.15.